The summed E-state index contributed by atoms with van der Waals surface area (Å²) in [7, 11) is 2.20. The second-order valence-electron chi connectivity index (χ2n) is 7.61. The molecule has 2 N–H and O–H groups in total. The Bertz CT molecular complexity index is 348. The van der Waals surface area contributed by atoms with E-state index < -0.39 is 5.60 Å². The van der Waals surface area contributed by atoms with E-state index in [4.69, 9.17) is 4.74 Å². The van der Waals surface area contributed by atoms with Gasteiger partial charge in [-0.15, -0.1) is 0 Å². The number of hydrogen-bond acceptors (Lipinski definition) is 4. The van der Waals surface area contributed by atoms with Gasteiger partial charge in [0.1, 0.15) is 5.60 Å². The number of rotatable bonds is 3. The number of carbonyl (C=O) groups is 1. The van der Waals surface area contributed by atoms with Crippen LogP contribution in [-0.2, 0) is 4.74 Å². The lowest BCUT2D eigenvalue weighted by molar-refractivity contribution is 0.0462. The van der Waals surface area contributed by atoms with Crippen molar-refractivity contribution in [1.29, 1.82) is 0 Å². The second kappa shape index (κ2) is 6.97. The van der Waals surface area contributed by atoms with E-state index in [-0.39, 0.29) is 12.1 Å². The second-order valence-corrected chi connectivity index (χ2v) is 7.61. The molecule has 1 atom stereocenters. The maximum atomic E-state index is 11.7. The molecular formula is C16H31N3O2. The summed E-state index contributed by atoms with van der Waals surface area (Å²) in [6.07, 6.45) is 5.53. The first kappa shape index (κ1) is 16.6. The highest BCUT2D eigenvalue weighted by molar-refractivity contribution is 5.68. The Hall–Kier alpha value is -0.810. The topological polar surface area (TPSA) is 53.6 Å². The van der Waals surface area contributed by atoms with Crippen LogP contribution < -0.4 is 10.6 Å². The third-order valence-corrected chi connectivity index (χ3v) is 4.28. The molecule has 1 saturated heterocycles. The van der Waals surface area contributed by atoms with Crippen LogP contribution in [0.5, 0.6) is 0 Å². The molecule has 1 amide bonds. The van der Waals surface area contributed by atoms with Crippen molar-refractivity contribution in [3.05, 3.63) is 0 Å². The fraction of sp³-hybridized carbons (Fsp3) is 0.938. The molecule has 2 aliphatic rings. The largest absolute Gasteiger partial charge is 0.444 e. The Morgan fingerprint density at radius 3 is 2.48 bits per heavy atom. The fourth-order valence-corrected chi connectivity index (χ4v) is 3.09. The maximum absolute atomic E-state index is 11.7. The molecule has 0 aromatic rings. The van der Waals surface area contributed by atoms with Gasteiger partial charge in [0.15, 0.2) is 0 Å². The van der Waals surface area contributed by atoms with Crippen molar-refractivity contribution in [3.8, 4) is 0 Å². The zero-order chi connectivity index (χ0) is 15.5. The van der Waals surface area contributed by atoms with Crippen molar-refractivity contribution in [2.24, 2.45) is 0 Å². The molecule has 5 nitrogen and oxygen atoms in total. The van der Waals surface area contributed by atoms with Gasteiger partial charge in [-0.1, -0.05) is 0 Å². The Morgan fingerprint density at radius 1 is 1.10 bits per heavy atom. The van der Waals surface area contributed by atoms with Crippen LogP contribution in [0, 0.1) is 0 Å². The summed E-state index contributed by atoms with van der Waals surface area (Å²) in [4.78, 5) is 14.1. The van der Waals surface area contributed by atoms with E-state index in [1.54, 1.807) is 0 Å². The van der Waals surface area contributed by atoms with Crippen molar-refractivity contribution in [2.45, 2.75) is 76.6 Å². The van der Waals surface area contributed by atoms with E-state index in [0.717, 1.165) is 12.8 Å². The first-order valence-corrected chi connectivity index (χ1v) is 8.26. The van der Waals surface area contributed by atoms with Crippen LogP contribution in [-0.4, -0.2) is 54.9 Å². The summed E-state index contributed by atoms with van der Waals surface area (Å²) in [5.74, 6) is 0. The van der Waals surface area contributed by atoms with E-state index in [1.165, 1.54) is 32.4 Å². The number of hydrogen-bond donors (Lipinski definition) is 2. The summed E-state index contributed by atoms with van der Waals surface area (Å²) < 4.78 is 5.28. The van der Waals surface area contributed by atoms with Crippen molar-refractivity contribution < 1.29 is 9.53 Å². The van der Waals surface area contributed by atoms with Gasteiger partial charge >= 0.3 is 6.09 Å². The average molecular weight is 297 g/mol. The van der Waals surface area contributed by atoms with Crippen LogP contribution >= 0.6 is 0 Å². The normalized spacial score (nSPS) is 31.1. The molecule has 2 rings (SSSR count). The third-order valence-electron chi connectivity index (χ3n) is 4.28. The molecular weight excluding hydrogens is 266 g/mol. The summed E-state index contributed by atoms with van der Waals surface area (Å²) in [6.45, 7) is 8.07. The number of nitrogens with one attached hydrogen (secondary N) is 2. The predicted molar refractivity (Wildman–Crippen MR) is 84.5 cm³/mol. The first-order valence-electron chi connectivity index (χ1n) is 8.26. The van der Waals surface area contributed by atoms with E-state index in [2.05, 4.69) is 22.6 Å². The van der Waals surface area contributed by atoms with Crippen LogP contribution in [0.25, 0.3) is 0 Å². The van der Waals surface area contributed by atoms with Crippen LogP contribution in [0.15, 0.2) is 0 Å². The molecule has 21 heavy (non-hydrogen) atoms. The molecule has 122 valence electrons. The summed E-state index contributed by atoms with van der Waals surface area (Å²) >= 11 is 0. The molecule has 0 spiro atoms. The molecule has 1 saturated carbocycles. The standard InChI is InChI=1S/C16H31N3O2/c1-16(2,3)21-15(20)18-14-10-13(11-14)17-12-6-5-8-19(4)9-7-12/h12-14,17H,5-11H2,1-4H3,(H,18,20). The van der Waals surface area contributed by atoms with Crippen molar-refractivity contribution in [3.63, 3.8) is 0 Å². The van der Waals surface area contributed by atoms with Gasteiger partial charge in [0, 0.05) is 18.1 Å². The number of alkyl carbamates (subject to hydrolysis) is 1. The van der Waals surface area contributed by atoms with Crippen molar-refractivity contribution in [1.82, 2.24) is 15.5 Å². The van der Waals surface area contributed by atoms with E-state index in [1.807, 2.05) is 20.8 Å². The monoisotopic (exact) mass is 297 g/mol. The van der Waals surface area contributed by atoms with Gasteiger partial charge in [0.25, 0.3) is 0 Å². The summed E-state index contributed by atoms with van der Waals surface area (Å²) in [5, 5.41) is 6.70. The summed E-state index contributed by atoms with van der Waals surface area (Å²) in [6, 6.07) is 1.46. The fourth-order valence-electron chi connectivity index (χ4n) is 3.09. The van der Waals surface area contributed by atoms with Gasteiger partial charge in [-0.25, -0.2) is 4.79 Å². The minimum atomic E-state index is -0.419. The quantitative estimate of drug-likeness (QED) is 0.838. The molecule has 1 unspecified atom stereocenters. The van der Waals surface area contributed by atoms with E-state index in [0.29, 0.717) is 12.1 Å². The van der Waals surface area contributed by atoms with Crippen LogP contribution in [0.1, 0.15) is 52.9 Å². The predicted octanol–water partition coefficient (Wildman–Crippen LogP) is 2.12. The van der Waals surface area contributed by atoms with Gasteiger partial charge in [0.05, 0.1) is 0 Å². The number of amides is 1. The van der Waals surface area contributed by atoms with Gasteiger partial charge in [0.2, 0.25) is 0 Å². The SMILES string of the molecule is CN1CCCC(NC2CC(NC(=O)OC(C)(C)C)C2)CC1. The maximum Gasteiger partial charge on any atom is 0.407 e. The lowest BCUT2D eigenvalue weighted by atomic mass is 9.86. The Balaban J connectivity index is 1.62. The Morgan fingerprint density at radius 2 is 1.81 bits per heavy atom. The van der Waals surface area contributed by atoms with Crippen LogP contribution in [0.3, 0.4) is 0 Å². The zero-order valence-corrected chi connectivity index (χ0v) is 13.9. The third kappa shape index (κ3) is 5.83. The van der Waals surface area contributed by atoms with Gasteiger partial charge in [-0.05, 0) is 73.0 Å². The van der Waals surface area contributed by atoms with Crippen LogP contribution in [0.4, 0.5) is 4.79 Å². The summed E-state index contributed by atoms with van der Waals surface area (Å²) in [5.41, 5.74) is -0.419. The number of nitrogens with zero attached hydrogens (tertiary/aromatic N) is 1. The Kier molecular flexibility index (Phi) is 5.49. The number of likely N-dealkylation sites (tertiary alicyclic amines) is 1. The van der Waals surface area contributed by atoms with Gasteiger partial charge in [-0.2, -0.15) is 0 Å². The van der Waals surface area contributed by atoms with Gasteiger partial charge in [-0.3, -0.25) is 0 Å². The Labute approximate surface area is 128 Å². The lowest BCUT2D eigenvalue weighted by Gasteiger charge is -2.38. The molecule has 0 aromatic heterocycles. The van der Waals surface area contributed by atoms with Crippen molar-refractivity contribution in [2.75, 3.05) is 20.1 Å². The average Bonchev–Trinajstić information content (AvgIpc) is 2.49. The van der Waals surface area contributed by atoms with E-state index >= 15 is 0 Å². The van der Waals surface area contributed by atoms with E-state index in [9.17, 15) is 4.79 Å². The minimum absolute atomic E-state index is 0.269. The number of carbonyl (C=O) groups excluding carboxylic acids is 1. The van der Waals surface area contributed by atoms with Crippen LogP contribution in [0.2, 0.25) is 0 Å². The highest BCUT2D eigenvalue weighted by Gasteiger charge is 2.33. The zero-order valence-electron chi connectivity index (χ0n) is 13.9. The smallest absolute Gasteiger partial charge is 0.407 e. The lowest BCUT2D eigenvalue weighted by Crippen LogP contribution is -2.55. The molecule has 5 heteroatoms. The molecule has 0 bridgehead atoms. The number of ether oxygens (including phenoxy) is 1. The molecule has 1 aliphatic carbocycles. The highest BCUT2D eigenvalue weighted by atomic mass is 16.6. The molecule has 0 aromatic carbocycles. The molecule has 1 heterocycles. The molecule has 1 aliphatic heterocycles. The van der Waals surface area contributed by atoms with Crippen molar-refractivity contribution >= 4 is 6.09 Å². The molecule has 0 radical (unpaired) electrons. The van der Waals surface area contributed by atoms with Gasteiger partial charge < -0.3 is 20.3 Å². The highest BCUT2D eigenvalue weighted by Crippen LogP contribution is 2.23. The first-order chi connectivity index (χ1) is 9.82. The molecule has 2 fully saturated rings. The minimum Gasteiger partial charge on any atom is -0.444 e.